The van der Waals surface area contributed by atoms with Crippen LogP contribution in [-0.2, 0) is 84.2 Å². The third kappa shape index (κ3) is 11.7. The molecule has 3 fully saturated rings. The summed E-state index contributed by atoms with van der Waals surface area (Å²) < 4.78 is 54.2. The number of nitrogens with zero attached hydrogens (tertiary/aromatic N) is 3. The Bertz CT molecular complexity index is 5460. The van der Waals surface area contributed by atoms with E-state index in [0.29, 0.717) is 69.0 Å². The van der Waals surface area contributed by atoms with Crippen LogP contribution in [0.1, 0.15) is 162 Å². The first-order valence-corrected chi connectivity index (χ1v) is 34.8. The van der Waals surface area contributed by atoms with Crippen LogP contribution in [0.2, 0.25) is 0 Å². The monoisotopic (exact) mass is 1450 g/mol. The number of hydrogen-bond acceptors (Lipinski definition) is 19. The van der Waals surface area contributed by atoms with Crippen LogP contribution in [0.25, 0.3) is 32.9 Å². The maximum absolute atomic E-state index is 14.8. The topological polar surface area (TPSA) is 372 Å². The zero-order valence-electron chi connectivity index (χ0n) is 58.8. The number of esters is 1. The third-order valence-electron chi connectivity index (χ3n) is 21.5. The summed E-state index contributed by atoms with van der Waals surface area (Å²) >= 11 is 0. The van der Waals surface area contributed by atoms with Crippen molar-refractivity contribution in [3.05, 3.63) is 193 Å². The third-order valence-corrected chi connectivity index (χ3v) is 21.5. The molecule has 3 saturated heterocycles. The fraction of sp³-hybridized carbons (Fsp3) is 0.321. The second-order valence-electron chi connectivity index (χ2n) is 29.3. The number of imide groups is 3. The molecule has 8 N–H and O–H groups in total. The number of carbonyl (C=O) groups excluding carboxylic acids is 11. The van der Waals surface area contributed by atoms with E-state index in [1.165, 1.54) is 37.2 Å². The van der Waals surface area contributed by atoms with Gasteiger partial charge in [0.1, 0.15) is 56.5 Å². The number of aryl methyl sites for hydroxylation is 2. The second-order valence-corrected chi connectivity index (χ2v) is 29.3. The summed E-state index contributed by atoms with van der Waals surface area (Å²) in [5, 5.41) is 17.4. The summed E-state index contributed by atoms with van der Waals surface area (Å²) in [6.07, 6.45) is 3.47. The van der Waals surface area contributed by atoms with E-state index in [-0.39, 0.29) is 110 Å². The van der Waals surface area contributed by atoms with Crippen LogP contribution in [-0.4, -0.2) is 127 Å². The zero-order chi connectivity index (χ0) is 75.1. The normalized spacial score (nSPS) is 22.2. The van der Waals surface area contributed by atoms with Crippen molar-refractivity contribution in [3.63, 3.8) is 0 Å². The van der Waals surface area contributed by atoms with Crippen LogP contribution in [0.4, 0.5) is 14.0 Å². The minimum atomic E-state index is -1.60. The Kier molecular flexibility index (Phi) is 16.4. The van der Waals surface area contributed by atoms with Crippen molar-refractivity contribution in [3.8, 4) is 17.2 Å². The summed E-state index contributed by atoms with van der Waals surface area (Å²) in [6.45, 7) is 6.17. The number of rotatable bonds is 14. The van der Waals surface area contributed by atoms with Crippen LogP contribution in [0.5, 0.6) is 17.2 Å². The number of amides is 12. The number of nitrogens with one attached hydrogen (secondary N) is 6. The van der Waals surface area contributed by atoms with Crippen molar-refractivity contribution in [2.75, 3.05) is 41.0 Å². The highest BCUT2D eigenvalue weighted by Gasteiger charge is 2.56. The van der Waals surface area contributed by atoms with Crippen LogP contribution in [0.3, 0.4) is 0 Å². The van der Waals surface area contributed by atoms with Gasteiger partial charge in [0, 0.05) is 71.6 Å². The van der Waals surface area contributed by atoms with Crippen LogP contribution in [0, 0.1) is 5.82 Å². The second kappa shape index (κ2) is 25.4. The minimum absolute atomic E-state index is 0.00367. The largest absolute Gasteiger partial charge is 0.497 e. The fourth-order valence-electron chi connectivity index (χ4n) is 16.2. The molecule has 9 aliphatic rings. The lowest BCUT2D eigenvalue weighted by molar-refractivity contribution is -0.155. The summed E-state index contributed by atoms with van der Waals surface area (Å²) in [7, 11) is 4.38. The summed E-state index contributed by atoms with van der Waals surface area (Å²) in [6, 6.07) is 28.6. The highest BCUT2D eigenvalue weighted by Crippen LogP contribution is 2.45. The number of fused-ring (bicyclic) bond motifs is 10. The van der Waals surface area contributed by atoms with Crippen molar-refractivity contribution in [1.82, 2.24) is 46.6 Å². The molecule has 12 amide bonds. The summed E-state index contributed by atoms with van der Waals surface area (Å²) in [4.78, 5) is 145. The highest BCUT2D eigenvalue weighted by atomic mass is 19.1. The molecule has 2 aliphatic carbocycles. The Morgan fingerprint density at radius 1 is 0.570 bits per heavy atom. The highest BCUT2D eigenvalue weighted by molar-refractivity contribution is 6.12. The average molecular weight is 1460 g/mol. The zero-order valence-corrected chi connectivity index (χ0v) is 58.8. The molecule has 107 heavy (non-hydrogen) atoms. The quantitative estimate of drug-likeness (QED) is 0.0311. The van der Waals surface area contributed by atoms with Crippen LogP contribution < -0.4 is 51.8 Å². The fourth-order valence-corrected chi connectivity index (χ4v) is 16.2. The summed E-state index contributed by atoms with van der Waals surface area (Å²) in [5.74, 6) is -2.71. The number of urea groups is 2. The Hall–Kier alpha value is -12.4. The molecule has 7 aliphatic heterocycles. The van der Waals surface area contributed by atoms with Gasteiger partial charge in [-0.3, -0.25) is 59.1 Å². The van der Waals surface area contributed by atoms with E-state index in [1.807, 2.05) is 57.2 Å². The molecule has 10 heterocycles. The molecule has 0 radical (unpaired) electrons. The van der Waals surface area contributed by atoms with Gasteiger partial charge < -0.3 is 68.6 Å². The molecule has 3 aromatic heterocycles. The van der Waals surface area contributed by atoms with E-state index >= 15 is 0 Å². The lowest BCUT2D eigenvalue weighted by Gasteiger charge is -2.29. The van der Waals surface area contributed by atoms with Crippen LogP contribution in [0.15, 0.2) is 116 Å². The number of carbonyl (C=O) groups is 11. The van der Waals surface area contributed by atoms with E-state index in [2.05, 4.69) is 31.9 Å². The minimum Gasteiger partial charge on any atom is -0.497 e. The van der Waals surface area contributed by atoms with Gasteiger partial charge >= 0.3 is 18.0 Å². The van der Waals surface area contributed by atoms with Gasteiger partial charge in [-0.2, -0.15) is 0 Å². The molecule has 5 atom stereocenters. The number of halogens is 1. The molecule has 548 valence electrons. The number of ether oxygens (including phenoxy) is 4. The molecule has 29 heteroatoms. The Balaban J connectivity index is 0.000000123. The molecular formula is C78H71FN10O18. The van der Waals surface area contributed by atoms with E-state index < -0.39 is 69.5 Å². The molecule has 18 rings (SSSR count). The molecule has 0 unspecified atom stereocenters. The van der Waals surface area contributed by atoms with E-state index in [0.717, 1.165) is 75.4 Å². The number of nitrogens with two attached hydrogens (primary N) is 1. The Morgan fingerprint density at radius 2 is 1.12 bits per heavy atom. The predicted molar refractivity (Wildman–Crippen MR) is 376 cm³/mol. The molecular weight excluding hydrogens is 1380 g/mol. The molecule has 6 aromatic carbocycles. The number of benzene rings is 6. The van der Waals surface area contributed by atoms with Gasteiger partial charge in [-0.05, 0) is 182 Å². The first-order chi connectivity index (χ1) is 51.1. The number of methoxy groups -OCH3 is 3. The molecule has 0 bridgehead atoms. The van der Waals surface area contributed by atoms with Crippen molar-refractivity contribution >= 4 is 98.2 Å². The first kappa shape index (κ1) is 69.0. The first-order valence-electron chi connectivity index (χ1n) is 34.8. The maximum Gasteiger partial charge on any atom is 0.322 e. The summed E-state index contributed by atoms with van der Waals surface area (Å²) in [5.41, 5.74) is 11.2. The van der Waals surface area contributed by atoms with Gasteiger partial charge in [0.2, 0.25) is 11.8 Å². The number of furan rings is 3. The smallest absolute Gasteiger partial charge is 0.322 e. The molecule has 0 spiro atoms. The van der Waals surface area contributed by atoms with Gasteiger partial charge in [0.15, 0.2) is 22.6 Å². The van der Waals surface area contributed by atoms with Crippen molar-refractivity contribution in [2.45, 2.75) is 120 Å². The van der Waals surface area contributed by atoms with E-state index in [4.69, 9.17) is 37.9 Å². The molecule has 28 nitrogen and oxygen atoms in total. The van der Waals surface area contributed by atoms with Gasteiger partial charge in [-0.25, -0.2) is 14.0 Å². The van der Waals surface area contributed by atoms with Gasteiger partial charge in [-0.1, -0.05) is 18.2 Å². The maximum atomic E-state index is 14.8. The van der Waals surface area contributed by atoms with Gasteiger partial charge in [-0.15, -0.1) is 0 Å². The van der Waals surface area contributed by atoms with E-state index in [1.54, 1.807) is 65.6 Å². The standard InChI is InChI=1S/C30H31N3O7.C24H18FN3O6.C24H22N4O5/c1-29(2,3)40-25(34)11-17-6-5-16-9-19-10-24(39-23(19)13-21(16)17)30(27(36)31-28(37)32-30)15-33-14-18-7-8-20(38-4)12-22(18)26(33)35;1-33-16-4-2-11-9-28(22(31)19(11)20(16)25)10-24(7-18(29)27-23(24)32)17-6-13-14-8-26-21(30)12(14)3-5-15(13)34-17;1-32-15-4-2-13-10-28(21(29)17(13)8-15)11-24(22(30)26-23(31)27-24)20-7-14-6-12-3-5-18(25)16(12)9-19(14)33-20/h7-10,12-13,17H,5-6,11,14-15H2,1-4H3,(H2,31,32,36,37);2-6H,7-10H2,1H3,(H,26,30)(H,27,29,32);2,4,6-9,18H,3,5,10-11,25H2,1H3,(H2,26,27,30,31)/t17-,30+;24-;18-,24-/m110/s1. The lowest BCUT2D eigenvalue weighted by atomic mass is 9.82. The number of hydrogen-bond donors (Lipinski definition) is 7. The van der Waals surface area contributed by atoms with Crippen molar-refractivity contribution in [2.24, 2.45) is 5.73 Å². The predicted octanol–water partition coefficient (Wildman–Crippen LogP) is 7.74. The van der Waals surface area contributed by atoms with Crippen molar-refractivity contribution in [1.29, 1.82) is 0 Å². The molecule has 9 aromatic rings. The Labute approximate surface area is 608 Å². The lowest BCUT2D eigenvalue weighted by Crippen LogP contribution is -2.52. The van der Waals surface area contributed by atoms with E-state index in [9.17, 15) is 57.1 Å². The SMILES string of the molecule is COc1ccc2c(c1)C(=O)N(C[C@@]1(c3cc4cc5c(cc4o3)[C@@H](CC(=O)OC(C)(C)C)CC5)NC(=O)NC1=O)C2.COc1ccc2c(c1)C(=O)N(C[C@@]1(c3cc4cc5c(cc4o3)[C@@H](N)CC5)NC(=O)NC1=O)C2.COc1ccc2c(c1F)C(=O)N(C[C@@]1(c3cc4c5c(ccc4o3)C(=O)NC5)CC(=O)NC1=O)C2. The van der Waals surface area contributed by atoms with Gasteiger partial charge in [0.25, 0.3) is 35.4 Å². The average Bonchev–Trinajstić information content (AvgIpc) is 1.59. The van der Waals surface area contributed by atoms with Crippen molar-refractivity contribution < 1.29 is 89.3 Å². The molecule has 0 saturated carbocycles. The Morgan fingerprint density at radius 3 is 1.67 bits per heavy atom. The van der Waals surface area contributed by atoms with Crippen LogP contribution >= 0.6 is 0 Å². The van der Waals surface area contributed by atoms with Gasteiger partial charge in [0.05, 0.1) is 52.8 Å².